The van der Waals surface area contributed by atoms with Crippen LogP contribution in [0.15, 0.2) is 17.8 Å². The number of hydrogen-bond donors (Lipinski definition) is 2. The fourth-order valence-electron chi connectivity index (χ4n) is 2.00. The molecule has 0 aliphatic carbocycles. The Labute approximate surface area is 133 Å². The summed E-state index contributed by atoms with van der Waals surface area (Å²) in [5.41, 5.74) is 1.00. The number of nitrogens with zero attached hydrogens (tertiary/aromatic N) is 1. The van der Waals surface area contributed by atoms with E-state index >= 15 is 0 Å². The molecule has 0 saturated carbocycles. The predicted octanol–water partition coefficient (Wildman–Crippen LogP) is 2.52. The molecular formula is C14H15ClN2O3S. The third-order valence-electron chi connectivity index (χ3n) is 2.99. The second kappa shape index (κ2) is 6.32. The Morgan fingerprint density at radius 1 is 1.52 bits per heavy atom. The summed E-state index contributed by atoms with van der Waals surface area (Å²) in [7, 11) is 1.43. The van der Waals surface area contributed by atoms with Crippen molar-refractivity contribution < 1.29 is 14.6 Å². The number of hydrogen-bond acceptors (Lipinski definition) is 4. The van der Waals surface area contributed by atoms with Gasteiger partial charge in [-0.05, 0) is 42.4 Å². The number of thiocarbonyl (C=S) groups is 1. The lowest BCUT2D eigenvalue weighted by molar-refractivity contribution is -0.122. The fraction of sp³-hybridized carbons (Fsp3) is 0.286. The maximum absolute atomic E-state index is 12.2. The van der Waals surface area contributed by atoms with Crippen molar-refractivity contribution >= 4 is 40.9 Å². The Bertz CT molecular complexity index is 631. The molecule has 21 heavy (non-hydrogen) atoms. The Morgan fingerprint density at radius 2 is 2.24 bits per heavy atom. The van der Waals surface area contributed by atoms with E-state index in [0.717, 1.165) is 6.42 Å². The SMILES string of the molecule is CCCN1C(=O)/C(=C/c2cc(Cl)c(O)c(OC)c2)NC1=S. The summed E-state index contributed by atoms with van der Waals surface area (Å²) in [6.45, 7) is 2.55. The zero-order valence-electron chi connectivity index (χ0n) is 11.6. The number of rotatable bonds is 4. The first-order chi connectivity index (χ1) is 9.97. The molecule has 1 aliphatic rings. The van der Waals surface area contributed by atoms with Crippen LogP contribution in [-0.2, 0) is 4.79 Å². The highest BCUT2D eigenvalue weighted by Gasteiger charge is 2.29. The molecular weight excluding hydrogens is 312 g/mol. The number of benzene rings is 1. The molecule has 1 aromatic rings. The summed E-state index contributed by atoms with van der Waals surface area (Å²) in [4.78, 5) is 13.7. The van der Waals surface area contributed by atoms with E-state index in [2.05, 4.69) is 5.32 Å². The second-order valence-corrected chi connectivity index (χ2v) is 5.29. The van der Waals surface area contributed by atoms with Gasteiger partial charge in [-0.25, -0.2) is 0 Å². The van der Waals surface area contributed by atoms with Crippen molar-refractivity contribution in [2.45, 2.75) is 13.3 Å². The van der Waals surface area contributed by atoms with Crippen LogP contribution in [0.4, 0.5) is 0 Å². The van der Waals surface area contributed by atoms with Crippen LogP contribution >= 0.6 is 23.8 Å². The Morgan fingerprint density at radius 3 is 2.86 bits per heavy atom. The van der Waals surface area contributed by atoms with Gasteiger partial charge >= 0.3 is 0 Å². The number of nitrogens with one attached hydrogen (secondary N) is 1. The van der Waals surface area contributed by atoms with Crippen LogP contribution in [0.5, 0.6) is 11.5 Å². The number of aromatic hydroxyl groups is 1. The average molecular weight is 327 g/mol. The predicted molar refractivity (Wildman–Crippen MR) is 85.4 cm³/mol. The molecule has 2 rings (SSSR count). The maximum Gasteiger partial charge on any atom is 0.276 e. The topological polar surface area (TPSA) is 61.8 Å². The molecule has 1 amide bonds. The molecule has 1 heterocycles. The van der Waals surface area contributed by atoms with Crippen LogP contribution in [0, 0.1) is 0 Å². The van der Waals surface area contributed by atoms with Crippen LogP contribution < -0.4 is 10.1 Å². The van der Waals surface area contributed by atoms with Gasteiger partial charge in [-0.15, -0.1) is 0 Å². The minimum absolute atomic E-state index is 0.129. The number of phenols is 1. The molecule has 112 valence electrons. The lowest BCUT2D eigenvalue weighted by atomic mass is 10.1. The van der Waals surface area contributed by atoms with Crippen LogP contribution in [0.25, 0.3) is 6.08 Å². The molecule has 0 atom stereocenters. The first-order valence-corrected chi connectivity index (χ1v) is 7.17. The summed E-state index contributed by atoms with van der Waals surface area (Å²) in [5, 5.41) is 13.1. The smallest absolute Gasteiger partial charge is 0.276 e. The quantitative estimate of drug-likeness (QED) is 0.657. The van der Waals surface area contributed by atoms with Gasteiger partial charge in [-0.1, -0.05) is 18.5 Å². The number of amides is 1. The molecule has 5 nitrogen and oxygen atoms in total. The van der Waals surface area contributed by atoms with Crippen LogP contribution in [0.1, 0.15) is 18.9 Å². The highest BCUT2D eigenvalue weighted by molar-refractivity contribution is 7.80. The van der Waals surface area contributed by atoms with Gasteiger partial charge in [0.15, 0.2) is 16.6 Å². The minimum atomic E-state index is -0.176. The largest absolute Gasteiger partial charge is 0.503 e. The number of carbonyl (C=O) groups is 1. The highest BCUT2D eigenvalue weighted by atomic mass is 35.5. The van der Waals surface area contributed by atoms with E-state index in [0.29, 0.717) is 22.9 Å². The third-order valence-corrected chi connectivity index (χ3v) is 3.60. The molecule has 1 saturated heterocycles. The van der Waals surface area contributed by atoms with E-state index in [1.807, 2.05) is 6.92 Å². The monoisotopic (exact) mass is 326 g/mol. The lowest BCUT2D eigenvalue weighted by Gasteiger charge is -2.11. The molecule has 2 N–H and O–H groups in total. The first-order valence-electron chi connectivity index (χ1n) is 6.39. The standard InChI is InChI=1S/C14H15ClN2O3S/c1-3-4-17-13(19)10(16-14(17)21)6-8-5-9(15)12(18)11(7-8)20-2/h5-7,18H,3-4H2,1-2H3,(H,16,21)/b10-6-. The third kappa shape index (κ3) is 3.11. The Hall–Kier alpha value is -1.79. The normalized spacial score (nSPS) is 16.5. The summed E-state index contributed by atoms with van der Waals surface area (Å²) in [6.07, 6.45) is 2.44. The van der Waals surface area contributed by atoms with Gasteiger partial charge in [0.1, 0.15) is 5.70 Å². The van der Waals surface area contributed by atoms with Crippen molar-refractivity contribution in [2.75, 3.05) is 13.7 Å². The van der Waals surface area contributed by atoms with Crippen molar-refractivity contribution in [2.24, 2.45) is 0 Å². The molecule has 0 bridgehead atoms. The zero-order chi connectivity index (χ0) is 15.6. The summed E-state index contributed by atoms with van der Waals surface area (Å²) >= 11 is 11.1. The van der Waals surface area contributed by atoms with Gasteiger partial charge in [0.05, 0.1) is 12.1 Å². The van der Waals surface area contributed by atoms with E-state index in [1.54, 1.807) is 18.2 Å². The fourth-order valence-corrected chi connectivity index (χ4v) is 2.50. The number of methoxy groups -OCH3 is 1. The number of ether oxygens (including phenoxy) is 1. The first kappa shape index (κ1) is 15.6. The molecule has 0 unspecified atom stereocenters. The number of halogens is 1. The van der Waals surface area contributed by atoms with Crippen LogP contribution in [0.2, 0.25) is 5.02 Å². The van der Waals surface area contributed by atoms with Crippen molar-refractivity contribution in [1.82, 2.24) is 10.2 Å². The Kier molecular flexibility index (Phi) is 4.69. The lowest BCUT2D eigenvalue weighted by Crippen LogP contribution is -2.31. The molecule has 1 aliphatic heterocycles. The van der Waals surface area contributed by atoms with Crippen LogP contribution in [0.3, 0.4) is 0 Å². The van der Waals surface area contributed by atoms with Crippen molar-refractivity contribution in [1.29, 1.82) is 0 Å². The highest BCUT2D eigenvalue weighted by Crippen LogP contribution is 2.35. The molecule has 1 aromatic carbocycles. The van der Waals surface area contributed by atoms with Crippen molar-refractivity contribution in [3.63, 3.8) is 0 Å². The summed E-state index contributed by atoms with van der Waals surface area (Å²) < 4.78 is 5.03. The van der Waals surface area contributed by atoms with E-state index in [1.165, 1.54) is 12.0 Å². The van der Waals surface area contributed by atoms with Gasteiger partial charge in [0, 0.05) is 6.54 Å². The van der Waals surface area contributed by atoms with Crippen LogP contribution in [-0.4, -0.2) is 34.7 Å². The molecule has 0 radical (unpaired) electrons. The zero-order valence-corrected chi connectivity index (χ0v) is 13.2. The van der Waals surface area contributed by atoms with Gasteiger partial charge < -0.3 is 15.2 Å². The van der Waals surface area contributed by atoms with E-state index in [4.69, 9.17) is 28.6 Å². The number of carbonyl (C=O) groups excluding carboxylic acids is 1. The summed E-state index contributed by atoms with van der Waals surface area (Å²) in [5.74, 6) is -0.0621. The average Bonchev–Trinajstić information content (AvgIpc) is 2.70. The maximum atomic E-state index is 12.2. The van der Waals surface area contributed by atoms with E-state index in [9.17, 15) is 9.90 Å². The van der Waals surface area contributed by atoms with Gasteiger partial charge in [-0.2, -0.15) is 0 Å². The molecule has 1 fully saturated rings. The van der Waals surface area contributed by atoms with E-state index in [-0.39, 0.29) is 22.4 Å². The Balaban J connectivity index is 2.35. The van der Waals surface area contributed by atoms with E-state index < -0.39 is 0 Å². The summed E-state index contributed by atoms with van der Waals surface area (Å²) in [6, 6.07) is 3.14. The van der Waals surface area contributed by atoms with Crippen molar-refractivity contribution in [3.05, 3.63) is 28.4 Å². The van der Waals surface area contributed by atoms with Gasteiger partial charge in [-0.3, -0.25) is 9.69 Å². The molecule has 0 spiro atoms. The number of phenolic OH excluding ortho intramolecular Hbond substituents is 1. The minimum Gasteiger partial charge on any atom is -0.503 e. The van der Waals surface area contributed by atoms with Gasteiger partial charge in [0.25, 0.3) is 5.91 Å². The van der Waals surface area contributed by atoms with Crippen molar-refractivity contribution in [3.8, 4) is 11.5 Å². The molecule has 0 aromatic heterocycles. The second-order valence-electron chi connectivity index (χ2n) is 4.50. The van der Waals surface area contributed by atoms with Gasteiger partial charge in [0.2, 0.25) is 0 Å². The molecule has 7 heteroatoms.